The van der Waals surface area contributed by atoms with Crippen molar-refractivity contribution in [2.45, 2.75) is 37.8 Å². The molecule has 6 heteroatoms. The van der Waals surface area contributed by atoms with Crippen molar-refractivity contribution in [2.75, 3.05) is 0 Å². The molecule has 1 saturated carbocycles. The molecule has 2 aromatic heterocycles. The van der Waals surface area contributed by atoms with Crippen LogP contribution in [-0.2, 0) is 19.0 Å². The van der Waals surface area contributed by atoms with E-state index in [-0.39, 0.29) is 11.5 Å². The summed E-state index contributed by atoms with van der Waals surface area (Å²) in [5.41, 5.74) is 2.93. The third kappa shape index (κ3) is 1.98. The fourth-order valence-electron chi connectivity index (χ4n) is 3.61. The zero-order valence-corrected chi connectivity index (χ0v) is 12.8. The molecule has 2 aliphatic rings. The van der Waals surface area contributed by atoms with E-state index in [2.05, 4.69) is 10.1 Å². The predicted molar refractivity (Wildman–Crippen MR) is 82.8 cm³/mol. The highest BCUT2D eigenvalue weighted by atomic mass is 19.4. The van der Waals surface area contributed by atoms with Crippen LogP contribution in [0.2, 0.25) is 0 Å². The topological polar surface area (TPSA) is 30.2 Å². The second-order valence-electron chi connectivity index (χ2n) is 6.56. The molecule has 5 rings (SSSR count). The Balaban J connectivity index is 1.86. The Morgan fingerprint density at radius 2 is 1.88 bits per heavy atom. The number of benzene rings is 1. The quantitative estimate of drug-likeness (QED) is 0.663. The van der Waals surface area contributed by atoms with E-state index in [4.69, 9.17) is 0 Å². The van der Waals surface area contributed by atoms with E-state index in [1.807, 2.05) is 24.3 Å². The molecule has 0 bridgehead atoms. The molecule has 24 heavy (non-hydrogen) atoms. The van der Waals surface area contributed by atoms with Gasteiger partial charge in [0, 0.05) is 23.1 Å². The predicted octanol–water partition coefficient (Wildman–Crippen LogP) is 4.39. The molecule has 1 aromatic carbocycles. The van der Waals surface area contributed by atoms with Gasteiger partial charge in [0.1, 0.15) is 0 Å². The highest BCUT2D eigenvalue weighted by molar-refractivity contribution is 5.72. The van der Waals surface area contributed by atoms with Crippen molar-refractivity contribution < 1.29 is 13.2 Å². The third-order valence-corrected chi connectivity index (χ3v) is 4.90. The van der Waals surface area contributed by atoms with Crippen LogP contribution >= 0.6 is 0 Å². The van der Waals surface area contributed by atoms with Gasteiger partial charge >= 0.3 is 6.18 Å². The van der Waals surface area contributed by atoms with Gasteiger partial charge in [0.15, 0.2) is 11.3 Å². The summed E-state index contributed by atoms with van der Waals surface area (Å²) in [5, 5.41) is 4.24. The van der Waals surface area contributed by atoms with Gasteiger partial charge in [-0.15, -0.1) is 0 Å². The molecule has 0 saturated heterocycles. The lowest BCUT2D eigenvalue weighted by Crippen LogP contribution is -2.21. The molecule has 0 atom stereocenters. The fraction of sp³-hybridized carbons (Fsp3) is 0.333. The van der Waals surface area contributed by atoms with E-state index in [1.54, 1.807) is 6.07 Å². The number of nitrogens with zero attached hydrogens (tertiary/aromatic N) is 3. The lowest BCUT2D eigenvalue weighted by atomic mass is 9.88. The van der Waals surface area contributed by atoms with Crippen molar-refractivity contribution >= 4 is 5.65 Å². The summed E-state index contributed by atoms with van der Waals surface area (Å²) in [5.74, 6) is 0.289. The van der Waals surface area contributed by atoms with Crippen LogP contribution in [0, 0.1) is 0 Å². The van der Waals surface area contributed by atoms with Gasteiger partial charge in [0.05, 0.1) is 11.4 Å². The van der Waals surface area contributed by atoms with Gasteiger partial charge in [0.2, 0.25) is 0 Å². The highest BCUT2D eigenvalue weighted by Crippen LogP contribution is 2.43. The lowest BCUT2D eigenvalue weighted by molar-refractivity contribution is -0.143. The number of hydrogen-bond donors (Lipinski definition) is 0. The van der Waals surface area contributed by atoms with Crippen LogP contribution in [0.1, 0.15) is 41.3 Å². The number of hydrogen-bond acceptors (Lipinski definition) is 2. The van der Waals surface area contributed by atoms with Gasteiger partial charge in [0.25, 0.3) is 0 Å². The third-order valence-electron chi connectivity index (χ3n) is 4.90. The van der Waals surface area contributed by atoms with Crippen molar-refractivity contribution in [3.05, 3.63) is 52.8 Å². The molecule has 2 heterocycles. The average molecular weight is 329 g/mol. The van der Waals surface area contributed by atoms with Gasteiger partial charge in [-0.25, -0.2) is 9.50 Å². The minimum atomic E-state index is -4.45. The molecule has 0 N–H and O–H groups in total. The van der Waals surface area contributed by atoms with Crippen molar-refractivity contribution in [3.8, 4) is 11.3 Å². The normalized spacial score (nSPS) is 17.0. The Morgan fingerprint density at radius 1 is 1.08 bits per heavy atom. The zero-order valence-electron chi connectivity index (χ0n) is 12.8. The maximum absolute atomic E-state index is 13.8. The zero-order chi connectivity index (χ0) is 16.5. The molecule has 1 fully saturated rings. The highest BCUT2D eigenvalue weighted by Gasteiger charge is 2.40. The van der Waals surface area contributed by atoms with Crippen LogP contribution < -0.4 is 0 Å². The lowest BCUT2D eigenvalue weighted by Gasteiger charge is -2.23. The largest absolute Gasteiger partial charge is 0.433 e. The first-order valence-electron chi connectivity index (χ1n) is 8.10. The maximum Gasteiger partial charge on any atom is 0.433 e. The molecule has 3 nitrogen and oxygen atoms in total. The number of alkyl halides is 3. The number of fused-ring (bicyclic) bond motifs is 4. The van der Waals surface area contributed by atoms with E-state index in [0.29, 0.717) is 24.2 Å². The van der Waals surface area contributed by atoms with Crippen LogP contribution in [0.3, 0.4) is 0 Å². The van der Waals surface area contributed by atoms with E-state index in [0.717, 1.165) is 34.2 Å². The van der Waals surface area contributed by atoms with Crippen molar-refractivity contribution in [2.24, 2.45) is 0 Å². The van der Waals surface area contributed by atoms with Crippen LogP contribution in [0.5, 0.6) is 0 Å². The molecule has 0 radical (unpaired) electrons. The summed E-state index contributed by atoms with van der Waals surface area (Å²) in [6.07, 6.45) is -1.54. The number of aromatic nitrogens is 3. The van der Waals surface area contributed by atoms with Gasteiger partial charge in [-0.3, -0.25) is 0 Å². The summed E-state index contributed by atoms with van der Waals surface area (Å²) < 4.78 is 42.5. The first-order valence-corrected chi connectivity index (χ1v) is 8.10. The summed E-state index contributed by atoms with van der Waals surface area (Å²) >= 11 is 0. The number of halogens is 3. The second kappa shape index (κ2) is 4.59. The van der Waals surface area contributed by atoms with Crippen LogP contribution in [0.4, 0.5) is 13.2 Å². The van der Waals surface area contributed by atoms with Gasteiger partial charge < -0.3 is 0 Å². The van der Waals surface area contributed by atoms with Crippen LogP contribution in [0.15, 0.2) is 30.3 Å². The minimum Gasteiger partial charge on any atom is -0.228 e. The average Bonchev–Trinajstić information content (AvgIpc) is 3.31. The summed E-state index contributed by atoms with van der Waals surface area (Å²) in [6.45, 7) is 0. The SMILES string of the molecule is FC(F)(F)c1c2c(nc3cc(C4CC4)nn13)-c1ccccc1CC2. The Labute approximate surface area is 136 Å². The molecular formula is C18H14F3N3. The maximum atomic E-state index is 13.8. The molecule has 0 amide bonds. The van der Waals surface area contributed by atoms with Gasteiger partial charge in [-0.2, -0.15) is 18.3 Å². The summed E-state index contributed by atoms with van der Waals surface area (Å²) in [7, 11) is 0. The van der Waals surface area contributed by atoms with Crippen LogP contribution in [-0.4, -0.2) is 14.6 Å². The first kappa shape index (κ1) is 14.0. The first-order chi connectivity index (χ1) is 11.5. The molecule has 2 aliphatic carbocycles. The Kier molecular flexibility index (Phi) is 2.68. The van der Waals surface area contributed by atoms with Gasteiger partial charge in [-0.05, 0) is 31.2 Å². The van der Waals surface area contributed by atoms with Crippen molar-refractivity contribution in [1.82, 2.24) is 14.6 Å². The minimum absolute atomic E-state index is 0.263. The Hall–Kier alpha value is -2.37. The van der Waals surface area contributed by atoms with Crippen molar-refractivity contribution in [1.29, 1.82) is 0 Å². The smallest absolute Gasteiger partial charge is 0.228 e. The summed E-state index contributed by atoms with van der Waals surface area (Å²) in [6, 6.07) is 9.29. The van der Waals surface area contributed by atoms with Gasteiger partial charge in [-0.1, -0.05) is 24.3 Å². The number of rotatable bonds is 1. The summed E-state index contributed by atoms with van der Waals surface area (Å²) in [4.78, 5) is 4.56. The van der Waals surface area contributed by atoms with Crippen molar-refractivity contribution in [3.63, 3.8) is 0 Å². The Bertz CT molecular complexity index is 968. The molecule has 0 unspecified atom stereocenters. The second-order valence-corrected chi connectivity index (χ2v) is 6.56. The number of aryl methyl sites for hydroxylation is 1. The van der Waals surface area contributed by atoms with E-state index in [1.165, 1.54) is 0 Å². The van der Waals surface area contributed by atoms with Crippen LogP contribution in [0.25, 0.3) is 16.9 Å². The molecule has 3 aromatic rings. The molecule has 0 aliphatic heterocycles. The fourth-order valence-corrected chi connectivity index (χ4v) is 3.61. The van der Waals surface area contributed by atoms with E-state index < -0.39 is 11.9 Å². The standard InChI is InChI=1S/C18H14F3N3/c19-18(20,21)17-13-8-7-10-3-1-2-4-12(10)16(13)22-15-9-14(11-5-6-11)23-24(15)17/h1-4,9,11H,5-8H2. The Morgan fingerprint density at radius 3 is 2.62 bits per heavy atom. The van der Waals surface area contributed by atoms with E-state index in [9.17, 15) is 13.2 Å². The van der Waals surface area contributed by atoms with E-state index >= 15 is 0 Å². The molecular weight excluding hydrogens is 315 g/mol. The monoisotopic (exact) mass is 329 g/mol. The molecule has 0 spiro atoms. The molecule has 122 valence electrons.